The highest BCUT2D eigenvalue weighted by molar-refractivity contribution is 9.10. The highest BCUT2D eigenvalue weighted by Gasteiger charge is 2.64. The fraction of sp³-hybridized carbons (Fsp3) is 0.517. The molecule has 0 heterocycles. The second-order valence-corrected chi connectivity index (χ2v) is 14.4. The maximum Gasteiger partial charge on any atom is 0.255 e. The molecular weight excluding hydrogens is 648 g/mol. The Labute approximate surface area is 261 Å². The van der Waals surface area contributed by atoms with E-state index in [1.807, 2.05) is 0 Å². The third-order valence-corrected chi connectivity index (χ3v) is 10.7. The summed E-state index contributed by atoms with van der Waals surface area (Å²) in [5, 5.41) is 48.6. The van der Waals surface area contributed by atoms with Gasteiger partial charge in [-0.3, -0.25) is 24.1 Å². The number of aromatic hydroxyl groups is 1. The lowest BCUT2D eigenvalue weighted by Crippen LogP contribution is -2.65. The number of carbonyl (C=O) groups is 4. The van der Waals surface area contributed by atoms with Gasteiger partial charge in [0.25, 0.3) is 5.91 Å². The van der Waals surface area contributed by atoms with Crippen molar-refractivity contribution in [3.05, 3.63) is 33.1 Å². The maximum absolute atomic E-state index is 14.1. The van der Waals surface area contributed by atoms with Gasteiger partial charge in [0.2, 0.25) is 11.7 Å². The minimum absolute atomic E-state index is 0.0346. The molecule has 5 rings (SSSR count). The van der Waals surface area contributed by atoms with Gasteiger partial charge in [-0.2, -0.15) is 0 Å². The van der Waals surface area contributed by atoms with Crippen molar-refractivity contribution in [2.45, 2.75) is 54.5 Å². The average molecular weight is 682 g/mol. The molecule has 0 radical (unpaired) electrons. The number of likely N-dealkylation sites (N-methyl/N-ethyl adjacent to an activating group) is 1. The van der Waals surface area contributed by atoms with Crippen molar-refractivity contribution in [3.63, 3.8) is 0 Å². The van der Waals surface area contributed by atoms with Gasteiger partial charge in [-0.15, -0.1) is 0 Å². The molecule has 0 saturated heterocycles. The molecule has 0 aromatic heterocycles. The summed E-state index contributed by atoms with van der Waals surface area (Å²) in [5.41, 5.74) is 1.94. The molecule has 1 aromatic rings. The predicted octanol–water partition coefficient (Wildman–Crippen LogP) is 2.33. The van der Waals surface area contributed by atoms with E-state index in [1.165, 1.54) is 19.0 Å². The molecule has 232 valence electrons. The number of anilines is 2. The third-order valence-electron chi connectivity index (χ3n) is 9.24. The molecule has 2 unspecified atom stereocenters. The standard InChI is InChI=1S/C29H34BrClN4O8/c1-34(2)20-12-8-11-9-13-21(35(3)4)24(39)17(27(32)42)26(41)29(13,43)25(40)15(11)22(37)16(12)23(38)19(18(20)31)33-14(36)10-28(30)6-5-7-28/h11,13,21,37-38,41,43H,5-10H2,1-4H3,(H2,32,42)(H,33,36)/t11?,13?,21-,29-/m0/s1. The lowest BCUT2D eigenvalue weighted by atomic mass is 9.57. The molecule has 12 nitrogen and oxygen atoms in total. The summed E-state index contributed by atoms with van der Waals surface area (Å²) in [6.45, 7) is 0. The number of amides is 2. The number of aliphatic hydroxyl groups is 3. The number of fused-ring (bicyclic) bond motifs is 3. The Morgan fingerprint density at radius 2 is 1.77 bits per heavy atom. The van der Waals surface area contributed by atoms with Crippen LogP contribution in [0.25, 0.3) is 5.76 Å². The predicted molar refractivity (Wildman–Crippen MR) is 162 cm³/mol. The van der Waals surface area contributed by atoms with Gasteiger partial charge in [-0.05, 0) is 51.3 Å². The minimum atomic E-state index is -2.75. The Balaban J connectivity index is 1.69. The highest BCUT2D eigenvalue weighted by atomic mass is 79.9. The van der Waals surface area contributed by atoms with Crippen LogP contribution < -0.4 is 16.0 Å². The first kappa shape index (κ1) is 31.3. The van der Waals surface area contributed by atoms with Crippen LogP contribution in [0.4, 0.5) is 11.4 Å². The van der Waals surface area contributed by atoms with E-state index < -0.39 is 69.7 Å². The second kappa shape index (κ2) is 10.5. The number of benzene rings is 1. The van der Waals surface area contributed by atoms with E-state index in [2.05, 4.69) is 21.2 Å². The zero-order chi connectivity index (χ0) is 31.9. The van der Waals surface area contributed by atoms with Crippen molar-refractivity contribution in [3.8, 4) is 5.75 Å². The number of phenols is 1. The number of alkyl halides is 1. The number of nitrogens with two attached hydrogens (primary N) is 1. The van der Waals surface area contributed by atoms with Crippen LogP contribution in [0, 0.1) is 11.8 Å². The fourth-order valence-corrected chi connectivity index (χ4v) is 8.35. The van der Waals surface area contributed by atoms with Crippen molar-refractivity contribution in [2.75, 3.05) is 38.4 Å². The van der Waals surface area contributed by atoms with E-state index in [0.717, 1.165) is 19.3 Å². The van der Waals surface area contributed by atoms with Gasteiger partial charge < -0.3 is 36.4 Å². The first-order valence-corrected chi connectivity index (χ1v) is 15.0. The van der Waals surface area contributed by atoms with Crippen molar-refractivity contribution in [1.29, 1.82) is 0 Å². The zero-order valence-corrected chi connectivity index (χ0v) is 26.5. The summed E-state index contributed by atoms with van der Waals surface area (Å²) in [5.74, 6) is -8.02. The Morgan fingerprint density at radius 3 is 2.28 bits per heavy atom. The Hall–Kier alpha value is -3.13. The molecular formula is C29H34BrClN4O8. The van der Waals surface area contributed by atoms with Crippen LogP contribution in [-0.4, -0.2) is 92.9 Å². The number of nitrogens with one attached hydrogen (secondary N) is 1. The topological polar surface area (TPSA) is 194 Å². The van der Waals surface area contributed by atoms with Crippen LogP contribution >= 0.6 is 27.5 Å². The van der Waals surface area contributed by atoms with Crippen LogP contribution in [0.3, 0.4) is 0 Å². The zero-order valence-electron chi connectivity index (χ0n) is 24.1. The number of aliphatic hydroxyl groups excluding tert-OH is 2. The number of rotatable bonds is 6. The summed E-state index contributed by atoms with van der Waals surface area (Å²) < 4.78 is -0.347. The van der Waals surface area contributed by atoms with Crippen molar-refractivity contribution >= 4 is 68.0 Å². The summed E-state index contributed by atoms with van der Waals surface area (Å²) in [6.07, 6.45) is 2.74. The molecule has 14 heteroatoms. The fourth-order valence-electron chi connectivity index (χ4n) is 7.12. The molecule has 2 amide bonds. The lowest BCUT2D eigenvalue weighted by molar-refractivity contribution is -0.153. The number of hydrogen-bond donors (Lipinski definition) is 6. The van der Waals surface area contributed by atoms with E-state index in [4.69, 9.17) is 17.3 Å². The Kier molecular flexibility index (Phi) is 7.64. The van der Waals surface area contributed by atoms with E-state index in [9.17, 15) is 39.6 Å². The molecule has 4 aliphatic rings. The molecule has 7 N–H and O–H groups in total. The van der Waals surface area contributed by atoms with Gasteiger partial charge in [0.05, 0.1) is 22.3 Å². The molecule has 4 aliphatic carbocycles. The first-order chi connectivity index (χ1) is 20.0. The number of phenolic OH excluding ortho intramolecular Hbond substituents is 1. The van der Waals surface area contributed by atoms with E-state index >= 15 is 0 Å². The SMILES string of the molecule is CN(C)c1c(Cl)c(NC(=O)CC2(Br)CCC2)c(O)c2c1CC1CC3[C@H](N(C)C)C(=O)C(C(N)=O)=C(O)[C@@]3(O)C(=O)C1=C2O. The van der Waals surface area contributed by atoms with Crippen LogP contribution in [0.15, 0.2) is 16.9 Å². The number of ketones is 2. The van der Waals surface area contributed by atoms with Gasteiger partial charge in [-0.25, -0.2) is 0 Å². The van der Waals surface area contributed by atoms with Crippen molar-refractivity contribution in [1.82, 2.24) is 4.90 Å². The Morgan fingerprint density at radius 1 is 1.14 bits per heavy atom. The molecule has 2 fully saturated rings. The smallest absolute Gasteiger partial charge is 0.255 e. The largest absolute Gasteiger partial charge is 0.508 e. The minimum Gasteiger partial charge on any atom is -0.508 e. The van der Waals surface area contributed by atoms with Crippen molar-refractivity contribution in [2.24, 2.45) is 17.6 Å². The number of hydrogen-bond acceptors (Lipinski definition) is 10. The number of Topliss-reactive ketones (excluding diaryl/α,β-unsaturated/α-hetero) is 2. The average Bonchev–Trinajstić information content (AvgIpc) is 2.87. The van der Waals surface area contributed by atoms with Crippen LogP contribution in [0.5, 0.6) is 5.75 Å². The number of halogens is 2. The quantitative estimate of drug-likeness (QED) is 0.147. The first-order valence-electron chi connectivity index (χ1n) is 13.8. The van der Waals surface area contributed by atoms with Gasteiger partial charge >= 0.3 is 0 Å². The summed E-state index contributed by atoms with van der Waals surface area (Å²) >= 11 is 10.4. The molecule has 2 saturated carbocycles. The van der Waals surface area contributed by atoms with Crippen LogP contribution in [-0.2, 0) is 25.6 Å². The van der Waals surface area contributed by atoms with Gasteiger partial charge in [-0.1, -0.05) is 34.0 Å². The van der Waals surface area contributed by atoms with Crippen molar-refractivity contribution < 1.29 is 39.6 Å². The van der Waals surface area contributed by atoms with E-state index in [0.29, 0.717) is 11.3 Å². The summed E-state index contributed by atoms with van der Waals surface area (Å²) in [6, 6.07) is -1.19. The van der Waals surface area contributed by atoms with Crippen LogP contribution in [0.1, 0.15) is 43.2 Å². The molecule has 43 heavy (non-hydrogen) atoms. The maximum atomic E-state index is 14.1. The Bertz CT molecular complexity index is 1550. The molecule has 0 bridgehead atoms. The molecule has 0 aliphatic heterocycles. The number of primary amides is 1. The monoisotopic (exact) mass is 680 g/mol. The molecule has 0 spiro atoms. The summed E-state index contributed by atoms with van der Waals surface area (Å²) in [7, 11) is 6.47. The highest BCUT2D eigenvalue weighted by Crippen LogP contribution is 2.56. The lowest BCUT2D eigenvalue weighted by Gasteiger charge is -2.50. The number of nitrogens with zero attached hydrogens (tertiary/aromatic N) is 2. The van der Waals surface area contributed by atoms with Gasteiger partial charge in [0.1, 0.15) is 22.8 Å². The molecule has 1 aromatic carbocycles. The van der Waals surface area contributed by atoms with Crippen LogP contribution in [0.2, 0.25) is 5.02 Å². The normalized spacial score (nSPS) is 27.8. The van der Waals surface area contributed by atoms with E-state index in [-0.39, 0.29) is 45.4 Å². The van der Waals surface area contributed by atoms with E-state index in [1.54, 1.807) is 19.0 Å². The molecule has 4 atom stereocenters. The third kappa shape index (κ3) is 4.54. The van der Waals surface area contributed by atoms with Gasteiger partial charge in [0, 0.05) is 36.3 Å². The van der Waals surface area contributed by atoms with Gasteiger partial charge in [0.15, 0.2) is 17.1 Å². The number of carbonyl (C=O) groups excluding carboxylic acids is 4. The summed E-state index contributed by atoms with van der Waals surface area (Å²) in [4.78, 5) is 55.6. The second-order valence-electron chi connectivity index (χ2n) is 12.3.